The minimum Gasteiger partial charge on any atom is -0.387 e. The number of hydrogen-bond donors (Lipinski definition) is 1. The maximum Gasteiger partial charge on any atom is 0.243 e. The van der Waals surface area contributed by atoms with Crippen LogP contribution in [0.4, 0.5) is 4.39 Å². The van der Waals surface area contributed by atoms with E-state index in [-0.39, 0.29) is 29.5 Å². The lowest BCUT2D eigenvalue weighted by Crippen LogP contribution is -2.65. The topological polar surface area (TPSA) is 81.4 Å². The number of aliphatic hydroxyl groups is 1. The molecule has 0 atom stereocenters. The van der Waals surface area contributed by atoms with E-state index in [1.807, 2.05) is 13.8 Å². The molecule has 1 aliphatic heterocycles. The molecule has 1 aliphatic rings. The number of rotatable bonds is 3. The zero-order chi connectivity index (χ0) is 15.1. The van der Waals surface area contributed by atoms with Gasteiger partial charge in [-0.15, -0.1) is 0 Å². The summed E-state index contributed by atoms with van der Waals surface area (Å²) in [5.41, 5.74) is -1.34. The minimum absolute atomic E-state index is 0.00621. The molecule has 0 radical (unpaired) electrons. The maximum atomic E-state index is 13.2. The summed E-state index contributed by atoms with van der Waals surface area (Å²) in [6.07, 6.45) is 0. The lowest BCUT2D eigenvalue weighted by Gasteiger charge is -2.47. The second kappa shape index (κ2) is 4.81. The molecule has 1 fully saturated rings. The molecule has 1 aromatic rings. The van der Waals surface area contributed by atoms with Crippen LogP contribution in [0, 0.1) is 23.1 Å². The predicted octanol–water partition coefficient (Wildman–Crippen LogP) is 1.09. The fourth-order valence-corrected chi connectivity index (χ4v) is 3.59. The van der Waals surface area contributed by atoms with E-state index in [0.717, 1.165) is 22.5 Å². The van der Waals surface area contributed by atoms with Crippen LogP contribution in [0.25, 0.3) is 0 Å². The number of halogens is 1. The molecule has 0 unspecified atom stereocenters. The van der Waals surface area contributed by atoms with Gasteiger partial charge in [0.05, 0.1) is 16.1 Å². The van der Waals surface area contributed by atoms with E-state index in [1.54, 1.807) is 6.07 Å². The Balaban J connectivity index is 2.28. The van der Waals surface area contributed by atoms with Gasteiger partial charge in [0.15, 0.2) is 0 Å². The van der Waals surface area contributed by atoms with Crippen molar-refractivity contribution in [2.75, 3.05) is 13.1 Å². The molecule has 7 heteroatoms. The molecule has 2 rings (SSSR count). The van der Waals surface area contributed by atoms with Gasteiger partial charge in [0.25, 0.3) is 0 Å². The van der Waals surface area contributed by atoms with Gasteiger partial charge in [-0.25, -0.2) is 12.8 Å². The average Bonchev–Trinajstić information content (AvgIpc) is 2.34. The largest absolute Gasteiger partial charge is 0.387 e. The second-order valence-corrected chi connectivity index (χ2v) is 7.22. The van der Waals surface area contributed by atoms with Crippen LogP contribution in [0.3, 0.4) is 0 Å². The molecule has 0 aromatic heterocycles. The Hall–Kier alpha value is -1.49. The van der Waals surface area contributed by atoms with Gasteiger partial charge in [-0.05, 0) is 24.1 Å². The van der Waals surface area contributed by atoms with Crippen molar-refractivity contribution in [2.24, 2.45) is 5.92 Å². The van der Waals surface area contributed by atoms with E-state index in [9.17, 15) is 17.9 Å². The molecule has 1 heterocycles. The van der Waals surface area contributed by atoms with Gasteiger partial charge in [0, 0.05) is 13.1 Å². The zero-order valence-electron chi connectivity index (χ0n) is 11.2. The summed E-state index contributed by atoms with van der Waals surface area (Å²) in [6.45, 7) is 3.64. The highest BCUT2D eigenvalue weighted by Crippen LogP contribution is 2.33. The molecule has 5 nitrogen and oxygen atoms in total. The lowest BCUT2D eigenvalue weighted by molar-refractivity contribution is -0.0932. The summed E-state index contributed by atoms with van der Waals surface area (Å²) in [5, 5.41) is 18.8. The minimum atomic E-state index is -3.80. The maximum absolute atomic E-state index is 13.2. The van der Waals surface area contributed by atoms with Gasteiger partial charge in [0.1, 0.15) is 11.9 Å². The molecular formula is C13H15FN2O3S. The number of β-amino-alcohol motifs (C(OH)–C–C–N with tert-alkyl or cyclic N) is 1. The van der Waals surface area contributed by atoms with Crippen LogP contribution in [-0.4, -0.2) is 36.5 Å². The summed E-state index contributed by atoms with van der Waals surface area (Å²) in [7, 11) is -3.80. The van der Waals surface area contributed by atoms with E-state index < -0.39 is 21.4 Å². The van der Waals surface area contributed by atoms with Gasteiger partial charge in [-0.1, -0.05) is 13.8 Å². The third-order valence-corrected chi connectivity index (χ3v) is 5.46. The van der Waals surface area contributed by atoms with E-state index >= 15 is 0 Å². The molecular weight excluding hydrogens is 283 g/mol. The zero-order valence-corrected chi connectivity index (χ0v) is 12.0. The first-order valence-corrected chi connectivity index (χ1v) is 7.57. The third-order valence-electron chi connectivity index (χ3n) is 3.67. The first kappa shape index (κ1) is 14.9. The predicted molar refractivity (Wildman–Crippen MR) is 69.7 cm³/mol. The van der Waals surface area contributed by atoms with Crippen molar-refractivity contribution in [2.45, 2.75) is 24.3 Å². The lowest BCUT2D eigenvalue weighted by atomic mass is 9.85. The quantitative estimate of drug-likeness (QED) is 0.905. The van der Waals surface area contributed by atoms with Crippen LogP contribution >= 0.6 is 0 Å². The first-order valence-electron chi connectivity index (χ1n) is 6.13. The van der Waals surface area contributed by atoms with E-state index in [1.165, 1.54) is 0 Å². The van der Waals surface area contributed by atoms with E-state index in [4.69, 9.17) is 5.26 Å². The highest BCUT2D eigenvalue weighted by atomic mass is 32.2. The molecule has 1 N–H and O–H groups in total. The van der Waals surface area contributed by atoms with Crippen molar-refractivity contribution in [3.05, 3.63) is 29.6 Å². The number of nitrogens with zero attached hydrogens (tertiary/aromatic N) is 2. The molecule has 1 saturated heterocycles. The Morgan fingerprint density at radius 1 is 1.45 bits per heavy atom. The van der Waals surface area contributed by atoms with Crippen LogP contribution in [0.5, 0.6) is 0 Å². The molecule has 0 saturated carbocycles. The van der Waals surface area contributed by atoms with Gasteiger partial charge in [0.2, 0.25) is 10.0 Å². The molecule has 0 spiro atoms. The summed E-state index contributed by atoms with van der Waals surface area (Å²) in [6, 6.07) is 4.70. The summed E-state index contributed by atoms with van der Waals surface area (Å²) < 4.78 is 38.9. The number of benzene rings is 1. The van der Waals surface area contributed by atoms with Gasteiger partial charge < -0.3 is 5.11 Å². The van der Waals surface area contributed by atoms with Crippen molar-refractivity contribution in [1.29, 1.82) is 5.26 Å². The number of nitriles is 1. The molecule has 1 aromatic carbocycles. The monoisotopic (exact) mass is 298 g/mol. The number of sulfonamides is 1. The molecule has 20 heavy (non-hydrogen) atoms. The standard InChI is InChI=1S/C13H15FN2O3S/c1-9(2)13(17)7-16(8-13)20(18,19)11-3-4-12(14)10(5-11)6-15/h3-5,9,17H,7-8H2,1-2H3. The molecule has 0 aliphatic carbocycles. The van der Waals surface area contributed by atoms with Crippen LogP contribution in [0.2, 0.25) is 0 Å². The first-order chi connectivity index (χ1) is 9.20. The van der Waals surface area contributed by atoms with Crippen LogP contribution in [-0.2, 0) is 10.0 Å². The van der Waals surface area contributed by atoms with Crippen molar-refractivity contribution in [3.63, 3.8) is 0 Å². The smallest absolute Gasteiger partial charge is 0.243 e. The van der Waals surface area contributed by atoms with Gasteiger partial charge in [-0.2, -0.15) is 9.57 Å². The summed E-state index contributed by atoms with van der Waals surface area (Å²) in [5.74, 6) is -0.814. The second-order valence-electron chi connectivity index (χ2n) is 5.28. The Bertz CT molecular complexity index is 673. The van der Waals surface area contributed by atoms with E-state index in [0.29, 0.717) is 0 Å². The Morgan fingerprint density at radius 3 is 2.55 bits per heavy atom. The normalized spacial score (nSPS) is 18.6. The highest BCUT2D eigenvalue weighted by Gasteiger charge is 2.49. The molecule has 0 amide bonds. The van der Waals surface area contributed by atoms with Gasteiger partial charge >= 0.3 is 0 Å². The molecule has 0 bridgehead atoms. The third kappa shape index (κ3) is 2.30. The van der Waals surface area contributed by atoms with Crippen molar-refractivity contribution >= 4 is 10.0 Å². The Labute approximate surface area is 117 Å². The Kier molecular flexibility index (Phi) is 3.58. The van der Waals surface area contributed by atoms with Crippen molar-refractivity contribution in [3.8, 4) is 6.07 Å². The van der Waals surface area contributed by atoms with Crippen molar-refractivity contribution < 1.29 is 17.9 Å². The average molecular weight is 298 g/mol. The SMILES string of the molecule is CC(C)C1(O)CN(S(=O)(=O)c2ccc(F)c(C#N)c2)C1. The van der Waals surface area contributed by atoms with E-state index in [2.05, 4.69) is 0 Å². The highest BCUT2D eigenvalue weighted by molar-refractivity contribution is 7.89. The summed E-state index contributed by atoms with van der Waals surface area (Å²) in [4.78, 5) is -0.138. The van der Waals surface area contributed by atoms with Crippen LogP contribution in [0.15, 0.2) is 23.1 Å². The van der Waals surface area contributed by atoms with Crippen LogP contribution in [0.1, 0.15) is 19.4 Å². The fraction of sp³-hybridized carbons (Fsp3) is 0.462. The van der Waals surface area contributed by atoms with Crippen LogP contribution < -0.4 is 0 Å². The molecule has 108 valence electrons. The number of hydrogen-bond acceptors (Lipinski definition) is 4. The van der Waals surface area contributed by atoms with Gasteiger partial charge in [-0.3, -0.25) is 0 Å². The fourth-order valence-electron chi connectivity index (χ4n) is 2.00. The van der Waals surface area contributed by atoms with Crippen molar-refractivity contribution in [1.82, 2.24) is 4.31 Å². The Morgan fingerprint density at radius 2 is 2.05 bits per heavy atom. The summed E-state index contributed by atoms with van der Waals surface area (Å²) >= 11 is 0.